The average Bonchev–Trinajstić information content (AvgIpc) is 2.66. The third kappa shape index (κ3) is 2.88. The van der Waals surface area contributed by atoms with E-state index in [0.29, 0.717) is 24.4 Å². The van der Waals surface area contributed by atoms with Crippen LogP contribution in [0.1, 0.15) is 40.0 Å². The van der Waals surface area contributed by atoms with Crippen LogP contribution in [0, 0.1) is 11.8 Å². The van der Waals surface area contributed by atoms with Crippen LogP contribution in [0.25, 0.3) is 0 Å². The third-order valence-corrected chi connectivity index (χ3v) is 4.48. The monoisotopic (exact) mass is 269 g/mol. The topological polar surface area (TPSA) is 60.2 Å². The summed E-state index contributed by atoms with van der Waals surface area (Å²) in [7, 11) is 0. The number of anilines is 2. The van der Waals surface area contributed by atoms with Crippen molar-refractivity contribution in [3.8, 4) is 5.75 Å². The Morgan fingerprint density at radius 2 is 2.22 bits per heavy atom. The Bertz CT molecular complexity index is 394. The van der Waals surface area contributed by atoms with E-state index in [9.17, 15) is 0 Å². The molecule has 0 radical (unpaired) electrons. The van der Waals surface area contributed by atoms with Gasteiger partial charge in [0, 0.05) is 6.04 Å². The summed E-state index contributed by atoms with van der Waals surface area (Å²) in [6, 6.07) is 0.514. The van der Waals surface area contributed by atoms with Crippen molar-refractivity contribution in [3.05, 3.63) is 0 Å². The molecule has 1 fully saturated rings. The lowest BCUT2D eigenvalue weighted by Gasteiger charge is -2.33. The minimum Gasteiger partial charge on any atom is -0.487 e. The fourth-order valence-corrected chi connectivity index (χ4v) is 3.44. The molecular formula is C13H23N3OS. The number of nitrogens with one attached hydrogen (secondary N) is 1. The predicted molar refractivity (Wildman–Crippen MR) is 77.3 cm³/mol. The highest BCUT2D eigenvalue weighted by Crippen LogP contribution is 2.38. The van der Waals surface area contributed by atoms with Gasteiger partial charge >= 0.3 is 0 Å². The molecule has 1 aromatic rings. The van der Waals surface area contributed by atoms with Crippen molar-refractivity contribution in [2.75, 3.05) is 17.7 Å². The molecule has 0 spiro atoms. The molecule has 5 heteroatoms. The summed E-state index contributed by atoms with van der Waals surface area (Å²) in [5, 5.41) is 4.56. The summed E-state index contributed by atoms with van der Waals surface area (Å²) in [5.74, 6) is 2.76. The number of aromatic nitrogens is 1. The standard InChI is InChI=1S/C13H23N3OS/c1-4-17-11-12(14)16-18-13(11)15-10-6-5-8(2)7-9(10)3/h8-10,15H,4-7H2,1-3H3,(H2,14,16). The molecule has 0 bridgehead atoms. The lowest BCUT2D eigenvalue weighted by atomic mass is 9.80. The first-order chi connectivity index (χ1) is 8.61. The Hall–Kier alpha value is -0.970. The van der Waals surface area contributed by atoms with Gasteiger partial charge in [-0.3, -0.25) is 0 Å². The van der Waals surface area contributed by atoms with E-state index in [4.69, 9.17) is 10.5 Å². The maximum absolute atomic E-state index is 5.82. The van der Waals surface area contributed by atoms with Gasteiger partial charge in [-0.05, 0) is 49.6 Å². The molecule has 4 nitrogen and oxygen atoms in total. The van der Waals surface area contributed by atoms with Crippen LogP contribution < -0.4 is 15.8 Å². The first-order valence-corrected chi connectivity index (χ1v) is 7.53. The number of ether oxygens (including phenoxy) is 1. The highest BCUT2D eigenvalue weighted by Gasteiger charge is 2.27. The Morgan fingerprint density at radius 1 is 1.44 bits per heavy atom. The van der Waals surface area contributed by atoms with E-state index in [2.05, 4.69) is 23.5 Å². The Labute approximate surface area is 113 Å². The van der Waals surface area contributed by atoms with Gasteiger partial charge in [0.05, 0.1) is 6.61 Å². The molecule has 1 aliphatic rings. The van der Waals surface area contributed by atoms with E-state index in [1.54, 1.807) is 0 Å². The van der Waals surface area contributed by atoms with Crippen LogP contribution >= 0.6 is 11.5 Å². The van der Waals surface area contributed by atoms with E-state index in [1.165, 1.54) is 30.8 Å². The van der Waals surface area contributed by atoms with Crippen LogP contribution in [0.15, 0.2) is 0 Å². The summed E-state index contributed by atoms with van der Waals surface area (Å²) in [6.45, 7) is 7.24. The zero-order valence-corrected chi connectivity index (χ0v) is 12.2. The summed E-state index contributed by atoms with van der Waals surface area (Å²) in [4.78, 5) is 0. The molecule has 0 saturated heterocycles. The highest BCUT2D eigenvalue weighted by molar-refractivity contribution is 7.11. The van der Waals surface area contributed by atoms with Crippen molar-refractivity contribution < 1.29 is 4.74 Å². The number of nitrogen functional groups attached to an aromatic ring is 1. The van der Waals surface area contributed by atoms with Crippen LogP contribution in [-0.4, -0.2) is 17.0 Å². The first kappa shape index (κ1) is 13.5. The van der Waals surface area contributed by atoms with Gasteiger partial charge in [-0.2, -0.15) is 4.37 Å². The van der Waals surface area contributed by atoms with Gasteiger partial charge in [-0.25, -0.2) is 0 Å². The molecule has 1 saturated carbocycles. The van der Waals surface area contributed by atoms with Gasteiger partial charge in [0.15, 0.2) is 16.6 Å². The summed E-state index contributed by atoms with van der Waals surface area (Å²) < 4.78 is 9.74. The summed E-state index contributed by atoms with van der Waals surface area (Å²) >= 11 is 1.40. The van der Waals surface area contributed by atoms with Gasteiger partial charge in [0.1, 0.15) is 0 Å². The molecule has 102 valence electrons. The Balaban J connectivity index is 2.04. The van der Waals surface area contributed by atoms with Crippen LogP contribution in [0.4, 0.5) is 10.8 Å². The number of hydrogen-bond donors (Lipinski definition) is 2. The van der Waals surface area contributed by atoms with E-state index >= 15 is 0 Å². The molecule has 1 heterocycles. The molecular weight excluding hydrogens is 246 g/mol. The van der Waals surface area contributed by atoms with Gasteiger partial charge in [0.25, 0.3) is 0 Å². The maximum Gasteiger partial charge on any atom is 0.197 e. The van der Waals surface area contributed by atoms with Gasteiger partial charge in [-0.1, -0.05) is 13.8 Å². The zero-order chi connectivity index (χ0) is 13.1. The molecule has 0 amide bonds. The van der Waals surface area contributed by atoms with Crippen LogP contribution in [0.5, 0.6) is 5.75 Å². The first-order valence-electron chi connectivity index (χ1n) is 6.76. The molecule has 2 rings (SSSR count). The molecule has 3 atom stereocenters. The maximum atomic E-state index is 5.82. The van der Waals surface area contributed by atoms with E-state index in [0.717, 1.165) is 16.7 Å². The summed E-state index contributed by atoms with van der Waals surface area (Å²) in [5.41, 5.74) is 5.82. The van der Waals surface area contributed by atoms with Crippen molar-refractivity contribution >= 4 is 22.4 Å². The second kappa shape index (κ2) is 5.78. The Morgan fingerprint density at radius 3 is 2.89 bits per heavy atom. The van der Waals surface area contributed by atoms with Crippen molar-refractivity contribution in [1.29, 1.82) is 0 Å². The molecule has 3 unspecified atom stereocenters. The van der Waals surface area contributed by atoms with Crippen LogP contribution in [-0.2, 0) is 0 Å². The second-order valence-electron chi connectivity index (χ2n) is 5.31. The zero-order valence-electron chi connectivity index (χ0n) is 11.4. The quantitative estimate of drug-likeness (QED) is 0.880. The van der Waals surface area contributed by atoms with Crippen molar-refractivity contribution in [2.45, 2.75) is 46.1 Å². The third-order valence-electron chi connectivity index (χ3n) is 3.71. The smallest absolute Gasteiger partial charge is 0.197 e. The fourth-order valence-electron chi connectivity index (χ4n) is 2.72. The fraction of sp³-hybridized carbons (Fsp3) is 0.769. The number of hydrogen-bond acceptors (Lipinski definition) is 5. The van der Waals surface area contributed by atoms with Crippen molar-refractivity contribution in [1.82, 2.24) is 4.37 Å². The van der Waals surface area contributed by atoms with Crippen molar-refractivity contribution in [3.63, 3.8) is 0 Å². The predicted octanol–water partition coefficient (Wildman–Crippen LogP) is 3.36. The van der Waals surface area contributed by atoms with E-state index in [-0.39, 0.29) is 0 Å². The minimum absolute atomic E-state index is 0.501. The largest absolute Gasteiger partial charge is 0.487 e. The summed E-state index contributed by atoms with van der Waals surface area (Å²) in [6.07, 6.45) is 3.79. The number of nitrogens with two attached hydrogens (primary N) is 1. The van der Waals surface area contributed by atoms with Gasteiger partial charge in [-0.15, -0.1) is 0 Å². The van der Waals surface area contributed by atoms with Crippen LogP contribution in [0.3, 0.4) is 0 Å². The molecule has 1 aromatic heterocycles. The molecule has 1 aliphatic carbocycles. The molecule has 3 N–H and O–H groups in total. The van der Waals surface area contributed by atoms with Gasteiger partial charge < -0.3 is 15.8 Å². The lowest BCUT2D eigenvalue weighted by molar-refractivity contribution is 0.276. The normalized spacial score (nSPS) is 28.1. The molecule has 18 heavy (non-hydrogen) atoms. The minimum atomic E-state index is 0.501. The number of rotatable bonds is 4. The Kier molecular flexibility index (Phi) is 4.32. The van der Waals surface area contributed by atoms with E-state index in [1.807, 2.05) is 6.92 Å². The molecule has 0 aliphatic heterocycles. The molecule has 0 aromatic carbocycles. The van der Waals surface area contributed by atoms with Gasteiger partial charge in [0.2, 0.25) is 0 Å². The second-order valence-corrected chi connectivity index (χ2v) is 6.08. The number of nitrogens with zero attached hydrogens (tertiary/aromatic N) is 1. The van der Waals surface area contributed by atoms with Crippen LogP contribution in [0.2, 0.25) is 0 Å². The highest BCUT2D eigenvalue weighted by atomic mass is 32.1. The van der Waals surface area contributed by atoms with Crippen molar-refractivity contribution in [2.24, 2.45) is 11.8 Å². The van der Waals surface area contributed by atoms with E-state index < -0.39 is 0 Å². The lowest BCUT2D eigenvalue weighted by Crippen LogP contribution is -2.32. The average molecular weight is 269 g/mol. The SMILES string of the molecule is CCOc1c(N)nsc1NC1CCC(C)CC1C.